The summed E-state index contributed by atoms with van der Waals surface area (Å²) in [6.45, 7) is 4.01. The summed E-state index contributed by atoms with van der Waals surface area (Å²) >= 11 is 0. The van der Waals surface area contributed by atoms with E-state index in [2.05, 4.69) is 14.8 Å². The van der Waals surface area contributed by atoms with Gasteiger partial charge in [0.15, 0.2) is 0 Å². The summed E-state index contributed by atoms with van der Waals surface area (Å²) < 4.78 is 24.7. The van der Waals surface area contributed by atoms with E-state index >= 15 is 0 Å². The predicted molar refractivity (Wildman–Crippen MR) is 107 cm³/mol. The predicted octanol–water partition coefficient (Wildman–Crippen LogP) is 3.24. The molecule has 1 N–H and O–H groups in total. The fourth-order valence-electron chi connectivity index (χ4n) is 2.91. The van der Waals surface area contributed by atoms with E-state index < -0.39 is 29.1 Å². The van der Waals surface area contributed by atoms with E-state index in [0.717, 1.165) is 7.11 Å². The second-order valence-electron chi connectivity index (χ2n) is 6.49. The molecule has 0 saturated carbocycles. The number of dihydropyridines is 1. The smallest absolute Gasteiger partial charge is 0.462 e. The van der Waals surface area contributed by atoms with Crippen LogP contribution < -0.4 is 5.32 Å². The molecule has 0 saturated heterocycles. The molecule has 0 amide bonds. The number of hydrogen-bond donors (Lipinski definition) is 1. The number of nitro groups is 1. The Hall–Kier alpha value is -4.09. The fourth-order valence-corrected chi connectivity index (χ4v) is 2.91. The van der Waals surface area contributed by atoms with Crippen LogP contribution in [-0.4, -0.2) is 43.5 Å². The number of carbonyl (C=O) groups excluding carboxylic acids is 3. The van der Waals surface area contributed by atoms with Crippen LogP contribution in [-0.2, 0) is 28.5 Å². The summed E-state index contributed by atoms with van der Waals surface area (Å²) in [6.07, 6.45) is -2.14. The van der Waals surface area contributed by atoms with Crippen molar-refractivity contribution in [3.63, 3.8) is 0 Å². The molecule has 12 heteroatoms. The summed E-state index contributed by atoms with van der Waals surface area (Å²) in [5.41, 5.74) is 0.895. The Labute approximate surface area is 182 Å². The molecule has 1 atom stereocenters. The van der Waals surface area contributed by atoms with Gasteiger partial charge in [-0.25, -0.2) is 9.59 Å². The lowest BCUT2D eigenvalue weighted by Crippen LogP contribution is -2.29. The molecule has 1 aliphatic heterocycles. The number of allylic oxidation sites excluding steroid dienone is 2. The second kappa shape index (κ2) is 10.8. The minimum atomic E-state index is -1.11. The Morgan fingerprint density at radius 2 is 1.62 bits per heavy atom. The van der Waals surface area contributed by atoms with Crippen LogP contribution in [0.5, 0.6) is 0 Å². The van der Waals surface area contributed by atoms with Crippen molar-refractivity contribution in [3.05, 3.63) is 62.9 Å². The van der Waals surface area contributed by atoms with E-state index in [0.29, 0.717) is 17.0 Å². The molecule has 2 rings (SSSR count). The van der Waals surface area contributed by atoms with Crippen LogP contribution in [0.2, 0.25) is 0 Å². The maximum Gasteiger partial charge on any atom is 0.513 e. The topological polar surface area (TPSA) is 153 Å². The first-order chi connectivity index (χ1) is 15.1. The Morgan fingerprint density at radius 1 is 1.03 bits per heavy atom. The van der Waals surface area contributed by atoms with Crippen molar-refractivity contribution in [2.45, 2.75) is 26.7 Å². The molecule has 0 aromatic heterocycles. The van der Waals surface area contributed by atoms with Gasteiger partial charge in [-0.1, -0.05) is 12.1 Å². The zero-order chi connectivity index (χ0) is 23.8. The number of hydrogen-bond acceptors (Lipinski definition) is 11. The number of ether oxygens (including phenoxy) is 5. The number of methoxy groups -OCH3 is 1. The number of benzene rings is 1. The van der Waals surface area contributed by atoms with Gasteiger partial charge >= 0.3 is 18.3 Å². The Kier molecular flexibility index (Phi) is 8.16. The van der Waals surface area contributed by atoms with Crippen LogP contribution in [0.4, 0.5) is 15.3 Å². The number of nitro benzene ring substituents is 1. The molecule has 1 aromatic rings. The lowest BCUT2D eigenvalue weighted by molar-refractivity contribution is -0.384. The first-order valence-electron chi connectivity index (χ1n) is 9.30. The molecule has 0 spiro atoms. The zero-order valence-corrected chi connectivity index (χ0v) is 17.8. The van der Waals surface area contributed by atoms with Crippen LogP contribution in [0, 0.1) is 10.1 Å². The molecule has 0 aliphatic carbocycles. The molecule has 1 heterocycles. The van der Waals surface area contributed by atoms with Gasteiger partial charge in [-0.05, 0) is 19.4 Å². The highest BCUT2D eigenvalue weighted by atomic mass is 16.7. The number of non-ortho nitro benzene ring substituents is 1. The Morgan fingerprint density at radius 3 is 2.19 bits per heavy atom. The van der Waals surface area contributed by atoms with Gasteiger partial charge in [-0.2, -0.15) is 0 Å². The average molecular weight is 450 g/mol. The van der Waals surface area contributed by atoms with Crippen molar-refractivity contribution < 1.29 is 43.0 Å². The lowest BCUT2D eigenvalue weighted by atomic mass is 9.90. The molecule has 1 aromatic carbocycles. The summed E-state index contributed by atoms with van der Waals surface area (Å²) in [6, 6.07) is 5.57. The Balaban J connectivity index is 2.38. The second-order valence-corrected chi connectivity index (χ2v) is 6.49. The molecule has 172 valence electrons. The molecule has 0 radical (unpaired) electrons. The van der Waals surface area contributed by atoms with E-state index in [1.807, 2.05) is 0 Å². The van der Waals surface area contributed by atoms with Crippen molar-refractivity contribution in [1.82, 2.24) is 5.32 Å². The minimum absolute atomic E-state index is 0.00696. The van der Waals surface area contributed by atoms with E-state index in [1.54, 1.807) is 19.9 Å². The van der Waals surface area contributed by atoms with E-state index in [-0.39, 0.29) is 30.4 Å². The van der Waals surface area contributed by atoms with Gasteiger partial charge in [0.1, 0.15) is 30.6 Å². The van der Waals surface area contributed by atoms with Crippen molar-refractivity contribution >= 4 is 24.0 Å². The molecule has 32 heavy (non-hydrogen) atoms. The maximum atomic E-state index is 12.2. The van der Waals surface area contributed by atoms with Crippen LogP contribution >= 0.6 is 0 Å². The van der Waals surface area contributed by atoms with Gasteiger partial charge in [0, 0.05) is 19.1 Å². The van der Waals surface area contributed by atoms with Crippen molar-refractivity contribution in [1.29, 1.82) is 0 Å². The molecular weight excluding hydrogens is 428 g/mol. The first kappa shape index (κ1) is 24.2. The summed E-state index contributed by atoms with van der Waals surface area (Å²) in [7, 11) is 1.12. The highest BCUT2D eigenvalue weighted by Gasteiger charge is 2.36. The molecule has 0 fully saturated rings. The summed E-state index contributed by atoms with van der Waals surface area (Å²) in [5.74, 6) is -1.53. The number of nitrogens with one attached hydrogen (secondary N) is 1. The van der Waals surface area contributed by atoms with Gasteiger partial charge in [0.05, 0.1) is 23.4 Å². The molecule has 0 bridgehead atoms. The largest absolute Gasteiger partial charge is 0.513 e. The highest BCUT2D eigenvalue weighted by molar-refractivity contribution is 5.66. The van der Waals surface area contributed by atoms with Crippen LogP contribution in [0.1, 0.15) is 32.3 Å². The van der Waals surface area contributed by atoms with Gasteiger partial charge in [-0.3, -0.25) is 14.9 Å². The van der Waals surface area contributed by atoms with Crippen molar-refractivity contribution in [2.75, 3.05) is 20.3 Å². The van der Waals surface area contributed by atoms with Crippen LogP contribution in [0.25, 0.3) is 0 Å². The first-order valence-corrected chi connectivity index (χ1v) is 9.30. The SMILES string of the molecule is COC(=O)OC1=C(C)NC(C)=C(OC(=O)OCCOC(C)=O)C1c1cccc([N+](=O)[O-])c1. The Bertz CT molecular complexity index is 982. The van der Waals surface area contributed by atoms with E-state index in [9.17, 15) is 24.5 Å². The standard InChI is InChI=1S/C20H22N2O10/c1-11-17(31-19(24)28-4)16(14-6-5-7-15(10-14)22(26)27)18(12(2)21-11)32-20(25)30-9-8-29-13(3)23/h5-7,10,16,21H,8-9H2,1-4H3. The normalized spacial score (nSPS) is 15.4. The summed E-state index contributed by atoms with van der Waals surface area (Å²) in [4.78, 5) is 45.5. The number of carbonyl (C=O) groups is 3. The van der Waals surface area contributed by atoms with Gasteiger partial charge in [-0.15, -0.1) is 0 Å². The maximum absolute atomic E-state index is 12.2. The third-order valence-electron chi connectivity index (χ3n) is 4.21. The number of esters is 1. The highest BCUT2D eigenvalue weighted by Crippen LogP contribution is 2.40. The number of rotatable bonds is 7. The third-order valence-corrected chi connectivity index (χ3v) is 4.21. The van der Waals surface area contributed by atoms with Crippen LogP contribution in [0.15, 0.2) is 47.2 Å². The lowest BCUT2D eigenvalue weighted by Gasteiger charge is -2.30. The molecule has 12 nitrogen and oxygen atoms in total. The summed E-state index contributed by atoms with van der Waals surface area (Å²) in [5, 5.41) is 14.2. The molecule has 1 unspecified atom stereocenters. The molecular formula is C20H22N2O10. The van der Waals surface area contributed by atoms with Gasteiger partial charge in [0.2, 0.25) is 0 Å². The van der Waals surface area contributed by atoms with E-state index in [4.69, 9.17) is 14.2 Å². The zero-order valence-electron chi connectivity index (χ0n) is 17.8. The average Bonchev–Trinajstić information content (AvgIpc) is 2.74. The molecule has 1 aliphatic rings. The van der Waals surface area contributed by atoms with Gasteiger partial charge < -0.3 is 29.0 Å². The third kappa shape index (κ3) is 6.20. The van der Waals surface area contributed by atoms with Gasteiger partial charge in [0.25, 0.3) is 5.69 Å². The fraction of sp³-hybridized carbons (Fsp3) is 0.350. The monoisotopic (exact) mass is 450 g/mol. The van der Waals surface area contributed by atoms with Crippen LogP contribution in [0.3, 0.4) is 0 Å². The minimum Gasteiger partial charge on any atom is -0.462 e. The van der Waals surface area contributed by atoms with Crippen molar-refractivity contribution in [3.8, 4) is 0 Å². The van der Waals surface area contributed by atoms with E-state index in [1.165, 1.54) is 25.1 Å². The number of nitrogens with zero attached hydrogens (tertiary/aromatic N) is 1. The van der Waals surface area contributed by atoms with Crippen molar-refractivity contribution in [2.24, 2.45) is 0 Å². The quantitative estimate of drug-likeness (QED) is 0.214.